The zero-order chi connectivity index (χ0) is 15.5. The highest BCUT2D eigenvalue weighted by Crippen LogP contribution is 2.10. The van der Waals surface area contributed by atoms with E-state index in [0.717, 1.165) is 0 Å². The minimum Gasteiger partial charge on any atom is -0.417 e. The van der Waals surface area contributed by atoms with Crippen molar-refractivity contribution in [3.05, 3.63) is 41.9 Å². The number of carbonyl (C=O) groups excluding carboxylic acids is 2. The molecule has 2 amide bonds. The summed E-state index contributed by atoms with van der Waals surface area (Å²) in [6, 6.07) is 3.46. The molecule has 0 radical (unpaired) electrons. The van der Waals surface area contributed by atoms with Crippen LogP contribution in [0.4, 0.5) is 0 Å². The zero-order valence-electron chi connectivity index (χ0n) is 12.1. The maximum Gasteiger partial charge on any atom is 0.311 e. The normalized spacial score (nSPS) is 15.0. The third-order valence-electron chi connectivity index (χ3n) is 3.47. The highest BCUT2D eigenvalue weighted by Gasteiger charge is 2.28. The van der Waals surface area contributed by atoms with E-state index in [1.807, 2.05) is 0 Å². The lowest BCUT2D eigenvalue weighted by Gasteiger charge is -2.34. The van der Waals surface area contributed by atoms with Crippen LogP contribution in [-0.4, -0.2) is 63.0 Å². The van der Waals surface area contributed by atoms with Crippen LogP contribution in [0.5, 0.6) is 0 Å². The first kappa shape index (κ1) is 14.2. The van der Waals surface area contributed by atoms with Gasteiger partial charge in [-0.2, -0.15) is 0 Å². The van der Waals surface area contributed by atoms with Crippen molar-refractivity contribution in [2.75, 3.05) is 26.2 Å². The van der Waals surface area contributed by atoms with E-state index in [1.165, 1.54) is 0 Å². The molecular weight excluding hydrogens is 286 g/mol. The molecule has 1 saturated heterocycles. The van der Waals surface area contributed by atoms with Gasteiger partial charge in [-0.15, -0.1) is 10.2 Å². The molecule has 0 spiro atoms. The molecule has 114 valence electrons. The van der Waals surface area contributed by atoms with Crippen LogP contribution < -0.4 is 0 Å². The summed E-state index contributed by atoms with van der Waals surface area (Å²) in [6.07, 6.45) is 3.17. The van der Waals surface area contributed by atoms with Crippen molar-refractivity contribution in [3.63, 3.8) is 0 Å². The first-order valence-electron chi connectivity index (χ1n) is 6.94. The fourth-order valence-electron chi connectivity index (χ4n) is 2.30. The molecule has 0 bridgehead atoms. The maximum absolute atomic E-state index is 12.3. The summed E-state index contributed by atoms with van der Waals surface area (Å²) in [4.78, 5) is 31.7. The molecule has 1 aliphatic rings. The van der Waals surface area contributed by atoms with Gasteiger partial charge in [0.1, 0.15) is 0 Å². The molecule has 1 fully saturated rings. The van der Waals surface area contributed by atoms with Gasteiger partial charge in [0.2, 0.25) is 5.89 Å². The second-order valence-corrected chi connectivity index (χ2v) is 4.95. The van der Waals surface area contributed by atoms with Gasteiger partial charge in [-0.05, 0) is 12.1 Å². The topological polar surface area (TPSA) is 92.4 Å². The third kappa shape index (κ3) is 2.80. The number of carbonyl (C=O) groups is 2. The van der Waals surface area contributed by atoms with Crippen LogP contribution in [0.15, 0.2) is 28.9 Å². The molecule has 0 saturated carbocycles. The molecule has 0 aliphatic carbocycles. The van der Waals surface area contributed by atoms with E-state index >= 15 is 0 Å². The van der Waals surface area contributed by atoms with Gasteiger partial charge < -0.3 is 14.2 Å². The van der Waals surface area contributed by atoms with Gasteiger partial charge in [-0.1, -0.05) is 0 Å². The molecular formula is C14H15N5O3. The largest absolute Gasteiger partial charge is 0.417 e. The first-order chi connectivity index (χ1) is 10.6. The van der Waals surface area contributed by atoms with E-state index < -0.39 is 0 Å². The Morgan fingerprint density at radius 3 is 2.32 bits per heavy atom. The van der Waals surface area contributed by atoms with Crippen molar-refractivity contribution in [3.8, 4) is 0 Å². The molecule has 8 heteroatoms. The van der Waals surface area contributed by atoms with Crippen molar-refractivity contribution in [1.82, 2.24) is 25.0 Å². The minimum atomic E-state index is -0.297. The molecule has 8 nitrogen and oxygen atoms in total. The number of pyridine rings is 1. The number of nitrogens with zero attached hydrogens (tertiary/aromatic N) is 5. The van der Waals surface area contributed by atoms with Crippen LogP contribution in [0.3, 0.4) is 0 Å². The fourth-order valence-corrected chi connectivity index (χ4v) is 2.30. The second kappa shape index (κ2) is 5.92. The van der Waals surface area contributed by atoms with E-state index in [2.05, 4.69) is 15.2 Å². The Hall–Kier alpha value is -2.77. The maximum atomic E-state index is 12.3. The smallest absolute Gasteiger partial charge is 0.311 e. The van der Waals surface area contributed by atoms with Gasteiger partial charge in [0.25, 0.3) is 5.91 Å². The summed E-state index contributed by atoms with van der Waals surface area (Å²) >= 11 is 0. The van der Waals surface area contributed by atoms with Gasteiger partial charge in [-0.3, -0.25) is 14.6 Å². The standard InChI is InChI=1S/C14H15N5O3/c1-10-16-17-12(22-10)14(21)19-7-5-18(6-8-19)13(20)11-3-2-4-15-9-11/h2-4,9H,5-8H2,1H3. The minimum absolute atomic E-state index is 0.00969. The number of amides is 2. The van der Waals surface area contributed by atoms with E-state index in [9.17, 15) is 9.59 Å². The Morgan fingerprint density at radius 2 is 1.77 bits per heavy atom. The molecule has 0 unspecified atom stereocenters. The molecule has 22 heavy (non-hydrogen) atoms. The summed E-state index contributed by atoms with van der Waals surface area (Å²) < 4.78 is 5.14. The highest BCUT2D eigenvalue weighted by molar-refractivity contribution is 5.94. The summed E-state index contributed by atoms with van der Waals surface area (Å²) in [5.41, 5.74) is 0.551. The van der Waals surface area contributed by atoms with Crippen molar-refractivity contribution in [2.45, 2.75) is 6.92 Å². The molecule has 0 aromatic carbocycles. The van der Waals surface area contributed by atoms with Crippen molar-refractivity contribution >= 4 is 11.8 Å². The molecule has 2 aromatic heterocycles. The fraction of sp³-hybridized carbons (Fsp3) is 0.357. The average Bonchev–Trinajstić information content (AvgIpc) is 3.01. The van der Waals surface area contributed by atoms with Gasteiger partial charge in [0.05, 0.1) is 5.56 Å². The number of piperazine rings is 1. The Bertz CT molecular complexity index is 677. The van der Waals surface area contributed by atoms with Gasteiger partial charge in [-0.25, -0.2) is 0 Å². The number of aromatic nitrogens is 3. The van der Waals surface area contributed by atoms with E-state index in [4.69, 9.17) is 4.42 Å². The van der Waals surface area contributed by atoms with Gasteiger partial charge in [0, 0.05) is 45.5 Å². The molecule has 0 atom stereocenters. The Balaban J connectivity index is 1.61. The molecule has 3 heterocycles. The summed E-state index contributed by atoms with van der Waals surface area (Å²) in [5, 5.41) is 7.38. The molecule has 2 aromatic rings. The number of hydrogen-bond donors (Lipinski definition) is 0. The summed E-state index contributed by atoms with van der Waals surface area (Å²) in [5.74, 6) is -0.0267. The van der Waals surface area contributed by atoms with Crippen LogP contribution in [0.2, 0.25) is 0 Å². The lowest BCUT2D eigenvalue weighted by atomic mass is 10.2. The quantitative estimate of drug-likeness (QED) is 0.795. The lowest BCUT2D eigenvalue weighted by molar-refractivity contribution is 0.0512. The average molecular weight is 301 g/mol. The van der Waals surface area contributed by atoms with Gasteiger partial charge in [0.15, 0.2) is 0 Å². The van der Waals surface area contributed by atoms with Gasteiger partial charge >= 0.3 is 11.8 Å². The van der Waals surface area contributed by atoms with Crippen molar-refractivity contribution < 1.29 is 14.0 Å². The van der Waals surface area contributed by atoms with Crippen LogP contribution in [0, 0.1) is 6.92 Å². The molecule has 0 N–H and O–H groups in total. The number of rotatable bonds is 2. The van der Waals surface area contributed by atoms with Crippen LogP contribution in [0.25, 0.3) is 0 Å². The number of hydrogen-bond acceptors (Lipinski definition) is 6. The Labute approximate surface area is 126 Å². The lowest BCUT2D eigenvalue weighted by Crippen LogP contribution is -2.50. The predicted octanol–water partition coefficient (Wildman–Crippen LogP) is 0.371. The molecule has 1 aliphatic heterocycles. The SMILES string of the molecule is Cc1nnc(C(=O)N2CCN(C(=O)c3cccnc3)CC2)o1. The monoisotopic (exact) mass is 301 g/mol. The summed E-state index contributed by atoms with van der Waals surface area (Å²) in [7, 11) is 0. The predicted molar refractivity (Wildman–Crippen MR) is 75.1 cm³/mol. The van der Waals surface area contributed by atoms with Crippen LogP contribution >= 0.6 is 0 Å². The highest BCUT2D eigenvalue weighted by atomic mass is 16.4. The zero-order valence-corrected chi connectivity index (χ0v) is 12.1. The Kier molecular flexibility index (Phi) is 3.82. The molecule has 3 rings (SSSR count). The van der Waals surface area contributed by atoms with Crippen LogP contribution in [0.1, 0.15) is 26.9 Å². The van der Waals surface area contributed by atoms with E-state index in [1.54, 1.807) is 41.2 Å². The second-order valence-electron chi connectivity index (χ2n) is 4.95. The summed E-state index contributed by atoms with van der Waals surface area (Å²) in [6.45, 7) is 3.44. The van der Waals surface area contributed by atoms with E-state index in [-0.39, 0.29) is 17.7 Å². The Morgan fingerprint density at radius 1 is 1.09 bits per heavy atom. The van der Waals surface area contributed by atoms with Crippen molar-refractivity contribution in [2.24, 2.45) is 0 Å². The third-order valence-corrected chi connectivity index (χ3v) is 3.47. The van der Waals surface area contributed by atoms with Crippen molar-refractivity contribution in [1.29, 1.82) is 0 Å². The number of aryl methyl sites for hydroxylation is 1. The van der Waals surface area contributed by atoms with E-state index in [0.29, 0.717) is 37.6 Å². The van der Waals surface area contributed by atoms with Crippen LogP contribution in [-0.2, 0) is 0 Å². The first-order valence-corrected chi connectivity index (χ1v) is 6.94.